The molecule has 2 nitrogen and oxygen atoms in total. The maximum atomic E-state index is 2.55. The van der Waals surface area contributed by atoms with Crippen LogP contribution in [0, 0.1) is 6.92 Å². The van der Waals surface area contributed by atoms with E-state index in [1.165, 1.54) is 16.8 Å². The topological polar surface area (TPSA) is 6.48 Å². The Morgan fingerprint density at radius 3 is 2.15 bits per heavy atom. The van der Waals surface area contributed by atoms with Gasteiger partial charge in [0.15, 0.2) is 0 Å². The van der Waals surface area contributed by atoms with Gasteiger partial charge in [0.25, 0.3) is 0 Å². The highest BCUT2D eigenvalue weighted by molar-refractivity contribution is 5.53. The van der Waals surface area contributed by atoms with Crippen LogP contribution in [-0.4, -0.2) is 31.1 Å². The molecule has 20 heavy (non-hydrogen) atoms. The Kier molecular flexibility index (Phi) is 4.03. The first-order chi connectivity index (χ1) is 9.83. The van der Waals surface area contributed by atoms with Gasteiger partial charge < -0.3 is 4.90 Å². The lowest BCUT2D eigenvalue weighted by Crippen LogP contribution is -2.46. The van der Waals surface area contributed by atoms with Gasteiger partial charge in [-0.3, -0.25) is 4.90 Å². The second kappa shape index (κ2) is 6.10. The van der Waals surface area contributed by atoms with E-state index >= 15 is 0 Å². The van der Waals surface area contributed by atoms with Crippen LogP contribution >= 0.6 is 0 Å². The summed E-state index contributed by atoms with van der Waals surface area (Å²) in [6, 6.07) is 19.5. The third-order valence-corrected chi connectivity index (χ3v) is 4.08. The van der Waals surface area contributed by atoms with Crippen LogP contribution in [0.5, 0.6) is 0 Å². The van der Waals surface area contributed by atoms with Crippen molar-refractivity contribution in [3.63, 3.8) is 0 Å². The number of nitrogens with zero attached hydrogens (tertiary/aromatic N) is 2. The Morgan fingerprint density at radius 1 is 0.800 bits per heavy atom. The van der Waals surface area contributed by atoms with Crippen molar-refractivity contribution in [2.24, 2.45) is 0 Å². The maximum Gasteiger partial charge on any atom is 0.0396 e. The zero-order chi connectivity index (χ0) is 13.8. The molecule has 0 N–H and O–H groups in total. The zero-order valence-corrected chi connectivity index (χ0v) is 12.1. The number of rotatable bonds is 3. The van der Waals surface area contributed by atoms with Crippen molar-refractivity contribution in [2.75, 3.05) is 31.1 Å². The van der Waals surface area contributed by atoms with Crippen molar-refractivity contribution in [1.29, 1.82) is 0 Å². The summed E-state index contributed by atoms with van der Waals surface area (Å²) < 4.78 is 0. The summed E-state index contributed by atoms with van der Waals surface area (Å²) in [6.07, 6.45) is 0. The second-order valence-corrected chi connectivity index (χ2v) is 5.54. The van der Waals surface area contributed by atoms with Crippen LogP contribution in [0.25, 0.3) is 0 Å². The van der Waals surface area contributed by atoms with Crippen molar-refractivity contribution in [3.8, 4) is 0 Å². The fourth-order valence-corrected chi connectivity index (χ4v) is 2.91. The minimum Gasteiger partial charge on any atom is -0.369 e. The molecule has 1 saturated heterocycles. The highest BCUT2D eigenvalue weighted by Gasteiger charge is 2.17. The highest BCUT2D eigenvalue weighted by Crippen LogP contribution is 2.21. The number of hydrogen-bond acceptors (Lipinski definition) is 2. The van der Waals surface area contributed by atoms with Gasteiger partial charge in [-0.15, -0.1) is 0 Å². The lowest BCUT2D eigenvalue weighted by molar-refractivity contribution is 0.250. The van der Waals surface area contributed by atoms with E-state index < -0.39 is 0 Å². The van der Waals surface area contributed by atoms with E-state index in [0.717, 1.165) is 32.7 Å². The summed E-state index contributed by atoms with van der Waals surface area (Å²) >= 11 is 0. The molecule has 3 rings (SSSR count). The van der Waals surface area contributed by atoms with Crippen LogP contribution in [0.15, 0.2) is 54.6 Å². The van der Waals surface area contributed by atoms with E-state index in [1.807, 2.05) is 0 Å². The molecule has 0 aliphatic carbocycles. The van der Waals surface area contributed by atoms with Crippen molar-refractivity contribution >= 4 is 5.69 Å². The van der Waals surface area contributed by atoms with Crippen LogP contribution in [0.1, 0.15) is 11.1 Å². The SMILES string of the molecule is Cc1ccccc1N1CCN(Cc2ccccc2)CC1. The standard InChI is InChI=1S/C18H22N2/c1-16-7-5-6-10-18(16)20-13-11-19(12-14-20)15-17-8-3-2-4-9-17/h2-10H,11-15H2,1H3. The number of hydrogen-bond donors (Lipinski definition) is 0. The summed E-state index contributed by atoms with van der Waals surface area (Å²) in [5.74, 6) is 0. The number of para-hydroxylation sites is 1. The molecule has 0 amide bonds. The Balaban J connectivity index is 1.59. The summed E-state index contributed by atoms with van der Waals surface area (Å²) in [7, 11) is 0. The molecule has 0 saturated carbocycles. The molecule has 0 bridgehead atoms. The van der Waals surface area contributed by atoms with E-state index in [4.69, 9.17) is 0 Å². The fraction of sp³-hybridized carbons (Fsp3) is 0.333. The average Bonchev–Trinajstić information content (AvgIpc) is 2.50. The maximum absolute atomic E-state index is 2.55. The zero-order valence-electron chi connectivity index (χ0n) is 12.1. The summed E-state index contributed by atoms with van der Waals surface area (Å²) in [6.45, 7) is 7.80. The van der Waals surface area contributed by atoms with Gasteiger partial charge in [0.1, 0.15) is 0 Å². The molecule has 1 heterocycles. The third kappa shape index (κ3) is 3.02. The average molecular weight is 266 g/mol. The van der Waals surface area contributed by atoms with Crippen LogP contribution in [0.4, 0.5) is 5.69 Å². The van der Waals surface area contributed by atoms with Gasteiger partial charge in [-0.05, 0) is 24.1 Å². The van der Waals surface area contributed by atoms with Crippen LogP contribution < -0.4 is 4.90 Å². The van der Waals surface area contributed by atoms with Gasteiger partial charge in [-0.1, -0.05) is 48.5 Å². The first-order valence-corrected chi connectivity index (χ1v) is 7.40. The molecule has 104 valence electrons. The first-order valence-electron chi connectivity index (χ1n) is 7.40. The first kappa shape index (κ1) is 13.2. The number of benzene rings is 2. The summed E-state index contributed by atoms with van der Waals surface area (Å²) in [5, 5.41) is 0. The normalized spacial score (nSPS) is 16.4. The summed E-state index contributed by atoms with van der Waals surface area (Å²) in [5.41, 5.74) is 4.19. The molecule has 0 radical (unpaired) electrons. The van der Waals surface area contributed by atoms with Gasteiger partial charge in [-0.25, -0.2) is 0 Å². The predicted molar refractivity (Wildman–Crippen MR) is 85.1 cm³/mol. The van der Waals surface area contributed by atoms with E-state index in [9.17, 15) is 0 Å². The van der Waals surface area contributed by atoms with Gasteiger partial charge in [0, 0.05) is 38.4 Å². The number of aryl methyl sites for hydroxylation is 1. The third-order valence-electron chi connectivity index (χ3n) is 4.08. The molecule has 0 spiro atoms. The molecule has 2 heteroatoms. The largest absolute Gasteiger partial charge is 0.369 e. The summed E-state index contributed by atoms with van der Waals surface area (Å²) in [4.78, 5) is 5.06. The second-order valence-electron chi connectivity index (χ2n) is 5.54. The van der Waals surface area contributed by atoms with Crippen LogP contribution in [-0.2, 0) is 6.54 Å². The monoisotopic (exact) mass is 266 g/mol. The lowest BCUT2D eigenvalue weighted by Gasteiger charge is -2.36. The van der Waals surface area contributed by atoms with Crippen LogP contribution in [0.2, 0.25) is 0 Å². The van der Waals surface area contributed by atoms with Crippen LogP contribution in [0.3, 0.4) is 0 Å². The van der Waals surface area contributed by atoms with E-state index in [0.29, 0.717) is 0 Å². The van der Waals surface area contributed by atoms with Gasteiger partial charge in [0.2, 0.25) is 0 Å². The van der Waals surface area contributed by atoms with Crippen molar-refractivity contribution < 1.29 is 0 Å². The Bertz CT molecular complexity index is 542. The molecule has 2 aromatic carbocycles. The molecule has 0 aromatic heterocycles. The minimum atomic E-state index is 1.07. The molecule has 1 fully saturated rings. The molecule has 0 unspecified atom stereocenters. The smallest absolute Gasteiger partial charge is 0.0396 e. The molecular formula is C18H22N2. The van der Waals surface area contributed by atoms with E-state index in [2.05, 4.69) is 71.3 Å². The molecular weight excluding hydrogens is 244 g/mol. The van der Waals surface area contributed by atoms with Gasteiger partial charge in [-0.2, -0.15) is 0 Å². The van der Waals surface area contributed by atoms with Crippen molar-refractivity contribution in [3.05, 3.63) is 65.7 Å². The van der Waals surface area contributed by atoms with E-state index in [-0.39, 0.29) is 0 Å². The van der Waals surface area contributed by atoms with E-state index in [1.54, 1.807) is 0 Å². The molecule has 0 atom stereocenters. The molecule has 1 aliphatic rings. The van der Waals surface area contributed by atoms with Gasteiger partial charge >= 0.3 is 0 Å². The minimum absolute atomic E-state index is 1.07. The van der Waals surface area contributed by atoms with Crippen molar-refractivity contribution in [1.82, 2.24) is 4.90 Å². The molecule has 1 aliphatic heterocycles. The Hall–Kier alpha value is -1.80. The quantitative estimate of drug-likeness (QED) is 0.841. The predicted octanol–water partition coefficient (Wildman–Crippen LogP) is 3.32. The number of piperazine rings is 1. The van der Waals surface area contributed by atoms with Crippen molar-refractivity contribution in [2.45, 2.75) is 13.5 Å². The Labute approximate surface area is 121 Å². The fourth-order valence-electron chi connectivity index (χ4n) is 2.91. The van der Waals surface area contributed by atoms with Gasteiger partial charge in [0.05, 0.1) is 0 Å². The lowest BCUT2D eigenvalue weighted by atomic mass is 10.1. The number of anilines is 1. The molecule has 2 aromatic rings. The Morgan fingerprint density at radius 2 is 1.45 bits per heavy atom. The highest BCUT2D eigenvalue weighted by atomic mass is 15.3.